The summed E-state index contributed by atoms with van der Waals surface area (Å²) in [6, 6.07) is 3.16. The molecule has 3 aromatic rings. The van der Waals surface area contributed by atoms with Crippen LogP contribution in [-0.4, -0.2) is 57.7 Å². The summed E-state index contributed by atoms with van der Waals surface area (Å²) >= 11 is 3.23. The number of benzene rings is 1. The molecule has 0 spiro atoms. The molecular formula is C15H16BrFN6. The van der Waals surface area contributed by atoms with E-state index in [1.165, 1.54) is 6.07 Å². The number of fused-ring (bicyclic) bond motifs is 3. The van der Waals surface area contributed by atoms with Crippen molar-refractivity contribution in [2.24, 2.45) is 0 Å². The summed E-state index contributed by atoms with van der Waals surface area (Å²) in [5, 5.41) is 5.28. The largest absolute Gasteiger partial charge is 0.338 e. The van der Waals surface area contributed by atoms with Gasteiger partial charge in [0.1, 0.15) is 11.6 Å². The number of aryl methyl sites for hydroxylation is 1. The third-order valence-corrected chi connectivity index (χ3v) is 4.80. The van der Waals surface area contributed by atoms with Crippen LogP contribution in [0.4, 0.5) is 10.3 Å². The van der Waals surface area contributed by atoms with E-state index in [4.69, 9.17) is 0 Å². The van der Waals surface area contributed by atoms with Gasteiger partial charge in [-0.1, -0.05) is 0 Å². The minimum absolute atomic E-state index is 0.324. The van der Waals surface area contributed by atoms with Crippen LogP contribution in [0.2, 0.25) is 0 Å². The van der Waals surface area contributed by atoms with E-state index in [1.807, 2.05) is 6.92 Å². The van der Waals surface area contributed by atoms with Crippen molar-refractivity contribution in [3.63, 3.8) is 0 Å². The van der Waals surface area contributed by atoms with Gasteiger partial charge in [-0.25, -0.2) is 14.4 Å². The van der Waals surface area contributed by atoms with Crippen LogP contribution in [0.15, 0.2) is 16.6 Å². The molecule has 8 heteroatoms. The minimum atomic E-state index is -0.324. The number of halogens is 2. The molecule has 4 rings (SSSR count). The van der Waals surface area contributed by atoms with Crippen molar-refractivity contribution in [1.29, 1.82) is 0 Å². The molecule has 0 unspecified atom stereocenters. The second-order valence-electron chi connectivity index (χ2n) is 5.88. The molecule has 0 bridgehead atoms. The molecule has 23 heavy (non-hydrogen) atoms. The van der Waals surface area contributed by atoms with Gasteiger partial charge in [0.2, 0.25) is 5.95 Å². The van der Waals surface area contributed by atoms with Crippen LogP contribution in [-0.2, 0) is 0 Å². The average Bonchev–Trinajstić information content (AvgIpc) is 2.91. The molecule has 0 aliphatic carbocycles. The Kier molecular flexibility index (Phi) is 3.46. The quantitative estimate of drug-likeness (QED) is 0.649. The van der Waals surface area contributed by atoms with Gasteiger partial charge in [-0.05, 0) is 36.0 Å². The van der Waals surface area contributed by atoms with Crippen molar-refractivity contribution in [1.82, 2.24) is 24.5 Å². The number of anilines is 1. The molecule has 1 fully saturated rings. The maximum absolute atomic E-state index is 13.9. The summed E-state index contributed by atoms with van der Waals surface area (Å²) in [7, 11) is 2.10. The molecule has 1 aliphatic rings. The Morgan fingerprint density at radius 1 is 1.13 bits per heavy atom. The van der Waals surface area contributed by atoms with E-state index in [-0.39, 0.29) is 5.82 Å². The molecule has 0 atom stereocenters. The highest BCUT2D eigenvalue weighted by molar-refractivity contribution is 9.10. The van der Waals surface area contributed by atoms with E-state index in [9.17, 15) is 4.39 Å². The first-order valence-corrected chi connectivity index (χ1v) is 8.28. The van der Waals surface area contributed by atoms with Crippen LogP contribution in [0.25, 0.3) is 16.6 Å². The van der Waals surface area contributed by atoms with Gasteiger partial charge in [0.15, 0.2) is 5.65 Å². The summed E-state index contributed by atoms with van der Waals surface area (Å²) < 4.78 is 16.1. The molecule has 0 N–H and O–H groups in total. The third kappa shape index (κ3) is 2.46. The number of piperazine rings is 1. The molecule has 2 aromatic heterocycles. The summed E-state index contributed by atoms with van der Waals surface area (Å²) in [6.45, 7) is 5.50. The van der Waals surface area contributed by atoms with Gasteiger partial charge in [-0.2, -0.15) is 4.52 Å². The summed E-state index contributed by atoms with van der Waals surface area (Å²) in [5.74, 6) is 1.08. The van der Waals surface area contributed by atoms with Crippen LogP contribution in [0.3, 0.4) is 0 Å². The smallest absolute Gasteiger partial charge is 0.229 e. The number of hydrogen-bond acceptors (Lipinski definition) is 5. The highest BCUT2D eigenvalue weighted by Gasteiger charge is 2.21. The molecule has 3 heterocycles. The number of hydrogen-bond donors (Lipinski definition) is 0. The van der Waals surface area contributed by atoms with Gasteiger partial charge in [0, 0.05) is 37.6 Å². The minimum Gasteiger partial charge on any atom is -0.338 e. The van der Waals surface area contributed by atoms with Crippen LogP contribution >= 0.6 is 15.9 Å². The fraction of sp³-hybridized carbons (Fsp3) is 0.400. The normalized spacial score (nSPS) is 16.6. The molecule has 0 amide bonds. The Morgan fingerprint density at radius 3 is 2.61 bits per heavy atom. The fourth-order valence-electron chi connectivity index (χ4n) is 2.90. The van der Waals surface area contributed by atoms with Crippen molar-refractivity contribution >= 4 is 38.4 Å². The summed E-state index contributed by atoms with van der Waals surface area (Å²) in [5.41, 5.74) is 1.31. The molecule has 1 aliphatic heterocycles. The van der Waals surface area contributed by atoms with E-state index >= 15 is 0 Å². The fourth-order valence-corrected chi connectivity index (χ4v) is 3.25. The number of rotatable bonds is 1. The van der Waals surface area contributed by atoms with E-state index in [2.05, 4.69) is 47.8 Å². The molecule has 120 valence electrons. The van der Waals surface area contributed by atoms with Crippen molar-refractivity contribution in [2.45, 2.75) is 6.92 Å². The standard InChI is InChI=1S/C15H16BrFN6/c1-9-18-14-10-7-11(16)12(17)8-13(10)19-15(23(14)20-9)22-5-3-21(2)4-6-22/h7-8H,3-6H2,1-2H3. The predicted molar refractivity (Wildman–Crippen MR) is 90.4 cm³/mol. The lowest BCUT2D eigenvalue weighted by Gasteiger charge is -2.33. The molecule has 0 radical (unpaired) electrons. The van der Waals surface area contributed by atoms with Crippen LogP contribution < -0.4 is 4.90 Å². The second kappa shape index (κ2) is 5.38. The van der Waals surface area contributed by atoms with Crippen molar-refractivity contribution < 1.29 is 4.39 Å². The Balaban J connectivity index is 1.97. The Morgan fingerprint density at radius 2 is 1.87 bits per heavy atom. The zero-order valence-corrected chi connectivity index (χ0v) is 14.5. The first kappa shape index (κ1) is 14.8. The van der Waals surface area contributed by atoms with Crippen LogP contribution in [0.5, 0.6) is 0 Å². The average molecular weight is 379 g/mol. The first-order chi connectivity index (χ1) is 11.0. The molecule has 6 nitrogen and oxygen atoms in total. The van der Waals surface area contributed by atoms with E-state index in [1.54, 1.807) is 10.6 Å². The Bertz CT molecular complexity index is 900. The van der Waals surface area contributed by atoms with Gasteiger partial charge in [-0.3, -0.25) is 0 Å². The van der Waals surface area contributed by atoms with Crippen LogP contribution in [0, 0.1) is 12.7 Å². The monoisotopic (exact) mass is 378 g/mol. The van der Waals surface area contributed by atoms with E-state index < -0.39 is 0 Å². The molecule has 1 aromatic carbocycles. The Labute approximate surface area is 141 Å². The molecule has 1 saturated heterocycles. The van der Waals surface area contributed by atoms with Gasteiger partial charge in [0.25, 0.3) is 0 Å². The van der Waals surface area contributed by atoms with E-state index in [0.29, 0.717) is 21.5 Å². The highest BCUT2D eigenvalue weighted by atomic mass is 79.9. The van der Waals surface area contributed by atoms with Crippen LogP contribution in [0.1, 0.15) is 5.82 Å². The maximum atomic E-state index is 13.9. The summed E-state index contributed by atoms with van der Waals surface area (Å²) in [6.07, 6.45) is 0. The van der Waals surface area contributed by atoms with Crippen molar-refractivity contribution in [2.75, 3.05) is 38.1 Å². The van der Waals surface area contributed by atoms with Gasteiger partial charge in [-0.15, -0.1) is 5.10 Å². The van der Waals surface area contributed by atoms with Gasteiger partial charge < -0.3 is 9.80 Å². The summed E-state index contributed by atoms with van der Waals surface area (Å²) in [4.78, 5) is 13.6. The van der Waals surface area contributed by atoms with E-state index in [0.717, 1.165) is 37.5 Å². The SMILES string of the molecule is Cc1nc2c3cc(Br)c(F)cc3nc(N3CCN(C)CC3)n2n1. The Hall–Kier alpha value is -1.80. The topological polar surface area (TPSA) is 49.6 Å². The number of likely N-dealkylation sites (N-methyl/N-ethyl adjacent to an activating group) is 1. The zero-order chi connectivity index (χ0) is 16.1. The van der Waals surface area contributed by atoms with Crippen molar-refractivity contribution in [3.05, 3.63) is 28.2 Å². The van der Waals surface area contributed by atoms with Gasteiger partial charge in [0.05, 0.1) is 9.99 Å². The second-order valence-corrected chi connectivity index (χ2v) is 6.73. The predicted octanol–water partition coefficient (Wildman–Crippen LogP) is 2.24. The lowest BCUT2D eigenvalue weighted by molar-refractivity contribution is 0.310. The molecular weight excluding hydrogens is 363 g/mol. The molecule has 0 saturated carbocycles. The number of aromatic nitrogens is 4. The lowest BCUT2D eigenvalue weighted by Crippen LogP contribution is -2.45. The first-order valence-electron chi connectivity index (χ1n) is 7.48. The number of nitrogens with zero attached hydrogens (tertiary/aromatic N) is 6. The maximum Gasteiger partial charge on any atom is 0.229 e. The van der Waals surface area contributed by atoms with Crippen molar-refractivity contribution in [3.8, 4) is 0 Å². The lowest BCUT2D eigenvalue weighted by atomic mass is 10.2. The van der Waals surface area contributed by atoms with Gasteiger partial charge >= 0.3 is 0 Å². The highest BCUT2D eigenvalue weighted by Crippen LogP contribution is 2.28. The third-order valence-electron chi connectivity index (χ3n) is 4.19. The zero-order valence-electron chi connectivity index (χ0n) is 12.9.